The van der Waals surface area contributed by atoms with E-state index < -0.39 is 21.7 Å². The highest BCUT2D eigenvalue weighted by atomic mass is 35.5. The van der Waals surface area contributed by atoms with Gasteiger partial charge in [0.2, 0.25) is 0 Å². The van der Waals surface area contributed by atoms with Crippen LogP contribution in [0.3, 0.4) is 0 Å². The van der Waals surface area contributed by atoms with Gasteiger partial charge in [-0.2, -0.15) is 0 Å². The van der Waals surface area contributed by atoms with Crippen LogP contribution in [-0.2, 0) is 21.2 Å². The standard InChI is InChI=1S/C25H25ClN2O4S/c1-25(2,16-18-8-4-3-5-9-18)27-24(29)23-17-28(21-10-6-7-11-22(21)32-23)33(30,31)20-14-12-19(26)13-15-20/h3-15,23H,16-17H2,1-2H3,(H,27,29)/t23-/m1/s1. The number of nitrogens with zero attached hydrogens (tertiary/aromatic N) is 1. The molecule has 1 aliphatic heterocycles. The highest BCUT2D eigenvalue weighted by Gasteiger charge is 2.38. The third kappa shape index (κ3) is 5.15. The summed E-state index contributed by atoms with van der Waals surface area (Å²) >= 11 is 5.93. The molecule has 1 atom stereocenters. The van der Waals surface area contributed by atoms with Crippen molar-refractivity contribution in [2.75, 3.05) is 10.8 Å². The number of hydrogen-bond donors (Lipinski definition) is 1. The molecular formula is C25H25ClN2O4S. The average Bonchev–Trinajstić information content (AvgIpc) is 2.78. The molecule has 8 heteroatoms. The Labute approximate surface area is 199 Å². The van der Waals surface area contributed by atoms with Gasteiger partial charge in [-0.1, -0.05) is 54.1 Å². The van der Waals surface area contributed by atoms with Crippen LogP contribution in [-0.4, -0.2) is 32.5 Å². The van der Waals surface area contributed by atoms with Gasteiger partial charge >= 0.3 is 0 Å². The molecule has 0 bridgehead atoms. The van der Waals surface area contributed by atoms with Gasteiger partial charge in [-0.25, -0.2) is 8.42 Å². The molecule has 0 radical (unpaired) electrons. The summed E-state index contributed by atoms with van der Waals surface area (Å²) in [6.45, 7) is 3.71. The maximum absolute atomic E-state index is 13.5. The molecule has 172 valence electrons. The second-order valence-corrected chi connectivity index (χ2v) is 10.9. The highest BCUT2D eigenvalue weighted by Crippen LogP contribution is 2.37. The second-order valence-electron chi connectivity index (χ2n) is 8.60. The number of halogens is 1. The SMILES string of the molecule is CC(C)(Cc1ccccc1)NC(=O)[C@H]1CN(S(=O)(=O)c2ccc(Cl)cc2)c2ccccc2O1. The summed E-state index contributed by atoms with van der Waals surface area (Å²) in [6.07, 6.45) is -0.382. The van der Waals surface area contributed by atoms with E-state index in [-0.39, 0.29) is 17.3 Å². The number of rotatable bonds is 6. The molecule has 3 aromatic carbocycles. The minimum absolute atomic E-state index is 0.0900. The third-order valence-electron chi connectivity index (χ3n) is 5.38. The molecule has 33 heavy (non-hydrogen) atoms. The van der Waals surface area contributed by atoms with Crippen molar-refractivity contribution in [3.8, 4) is 5.75 Å². The Balaban J connectivity index is 1.59. The fourth-order valence-corrected chi connectivity index (χ4v) is 5.47. The van der Waals surface area contributed by atoms with Gasteiger partial charge < -0.3 is 10.1 Å². The normalized spacial score (nSPS) is 16.0. The molecule has 0 aromatic heterocycles. The van der Waals surface area contributed by atoms with Crippen molar-refractivity contribution in [2.45, 2.75) is 36.8 Å². The highest BCUT2D eigenvalue weighted by molar-refractivity contribution is 7.92. The number of anilines is 1. The number of sulfonamides is 1. The van der Waals surface area contributed by atoms with Crippen molar-refractivity contribution in [1.29, 1.82) is 0 Å². The molecule has 1 N–H and O–H groups in total. The second kappa shape index (κ2) is 9.08. The average molecular weight is 485 g/mol. The van der Waals surface area contributed by atoms with Crippen LogP contribution in [0.2, 0.25) is 5.02 Å². The molecule has 0 saturated heterocycles. The van der Waals surface area contributed by atoms with Gasteiger partial charge in [-0.3, -0.25) is 9.10 Å². The monoisotopic (exact) mass is 484 g/mol. The lowest BCUT2D eigenvalue weighted by atomic mass is 9.94. The van der Waals surface area contributed by atoms with Gasteiger partial charge in [0.25, 0.3) is 15.9 Å². The Kier molecular flexibility index (Phi) is 6.36. The van der Waals surface area contributed by atoms with Crippen LogP contribution >= 0.6 is 11.6 Å². The van der Waals surface area contributed by atoms with E-state index in [9.17, 15) is 13.2 Å². The van der Waals surface area contributed by atoms with Crippen molar-refractivity contribution < 1.29 is 17.9 Å². The molecule has 0 spiro atoms. The van der Waals surface area contributed by atoms with Crippen LogP contribution < -0.4 is 14.4 Å². The van der Waals surface area contributed by atoms with Crippen molar-refractivity contribution >= 4 is 33.2 Å². The Morgan fingerprint density at radius 1 is 1.03 bits per heavy atom. The summed E-state index contributed by atoms with van der Waals surface area (Å²) in [7, 11) is -3.94. The maximum atomic E-state index is 13.5. The number of hydrogen-bond acceptors (Lipinski definition) is 4. The van der Waals surface area contributed by atoms with E-state index in [1.54, 1.807) is 24.3 Å². The zero-order valence-electron chi connectivity index (χ0n) is 18.4. The van der Waals surface area contributed by atoms with Crippen LogP contribution in [0.25, 0.3) is 0 Å². The fourth-order valence-electron chi connectivity index (χ4n) is 3.86. The maximum Gasteiger partial charge on any atom is 0.264 e. The number of carbonyl (C=O) groups is 1. The molecule has 1 heterocycles. The van der Waals surface area contributed by atoms with E-state index in [1.165, 1.54) is 28.6 Å². The van der Waals surface area contributed by atoms with E-state index in [0.717, 1.165) is 5.56 Å². The summed E-state index contributed by atoms with van der Waals surface area (Å²) in [5.41, 5.74) is 0.920. The molecule has 0 fully saturated rings. The van der Waals surface area contributed by atoms with Gasteiger partial charge in [-0.05, 0) is 62.2 Å². The van der Waals surface area contributed by atoms with Crippen molar-refractivity contribution in [2.24, 2.45) is 0 Å². The fraction of sp³-hybridized carbons (Fsp3) is 0.240. The molecular weight excluding hydrogens is 460 g/mol. The summed E-state index contributed by atoms with van der Waals surface area (Å²) < 4.78 is 34.1. The van der Waals surface area contributed by atoms with Gasteiger partial charge in [0.15, 0.2) is 6.10 Å². The number of amides is 1. The number of benzene rings is 3. The van der Waals surface area contributed by atoms with Crippen LogP contribution in [0.1, 0.15) is 19.4 Å². The molecule has 0 aliphatic carbocycles. The van der Waals surface area contributed by atoms with Gasteiger partial charge in [0, 0.05) is 10.6 Å². The van der Waals surface area contributed by atoms with Gasteiger partial charge in [0.1, 0.15) is 5.75 Å². The smallest absolute Gasteiger partial charge is 0.264 e. The van der Waals surface area contributed by atoms with E-state index in [1.807, 2.05) is 44.2 Å². The summed E-state index contributed by atoms with van der Waals surface area (Å²) in [5.74, 6) is -0.0379. The molecule has 1 amide bonds. The first-order valence-electron chi connectivity index (χ1n) is 10.6. The predicted octanol–water partition coefficient (Wildman–Crippen LogP) is 4.43. The molecule has 1 aliphatic rings. The third-order valence-corrected chi connectivity index (χ3v) is 7.43. The number of fused-ring (bicyclic) bond motifs is 1. The van der Waals surface area contributed by atoms with Crippen LogP contribution in [0.15, 0.2) is 83.8 Å². The van der Waals surface area contributed by atoms with E-state index in [0.29, 0.717) is 22.9 Å². The number of ether oxygens (including phenoxy) is 1. The molecule has 3 aromatic rings. The minimum Gasteiger partial charge on any atom is -0.476 e. The Hall–Kier alpha value is -3.03. The van der Waals surface area contributed by atoms with Crippen molar-refractivity contribution in [3.05, 3.63) is 89.4 Å². The van der Waals surface area contributed by atoms with Gasteiger partial charge in [0.05, 0.1) is 17.1 Å². The van der Waals surface area contributed by atoms with Crippen LogP contribution in [0.5, 0.6) is 5.75 Å². The first-order valence-corrected chi connectivity index (χ1v) is 12.4. The zero-order valence-corrected chi connectivity index (χ0v) is 19.9. The molecule has 0 unspecified atom stereocenters. The Morgan fingerprint density at radius 2 is 1.67 bits per heavy atom. The number of nitrogens with one attached hydrogen (secondary N) is 1. The summed E-state index contributed by atoms with van der Waals surface area (Å²) in [5, 5.41) is 3.46. The summed E-state index contributed by atoms with van der Waals surface area (Å²) in [6, 6.07) is 22.6. The van der Waals surface area contributed by atoms with Crippen molar-refractivity contribution in [1.82, 2.24) is 5.32 Å². The largest absolute Gasteiger partial charge is 0.476 e. The molecule has 6 nitrogen and oxygen atoms in total. The van der Waals surface area contributed by atoms with Crippen LogP contribution in [0, 0.1) is 0 Å². The van der Waals surface area contributed by atoms with E-state index in [4.69, 9.17) is 16.3 Å². The Morgan fingerprint density at radius 3 is 2.36 bits per heavy atom. The lowest BCUT2D eigenvalue weighted by molar-refractivity contribution is -0.129. The Bertz CT molecular complexity index is 1240. The number of para-hydroxylation sites is 2. The molecule has 4 rings (SSSR count). The lowest BCUT2D eigenvalue weighted by Crippen LogP contribution is -2.55. The first kappa shape index (κ1) is 23.1. The molecule has 0 saturated carbocycles. The van der Waals surface area contributed by atoms with Crippen LogP contribution in [0.4, 0.5) is 5.69 Å². The first-order chi connectivity index (χ1) is 15.7. The van der Waals surface area contributed by atoms with E-state index >= 15 is 0 Å². The quantitative estimate of drug-likeness (QED) is 0.561. The van der Waals surface area contributed by atoms with E-state index in [2.05, 4.69) is 5.32 Å². The number of carbonyl (C=O) groups excluding carboxylic acids is 1. The minimum atomic E-state index is -3.94. The lowest BCUT2D eigenvalue weighted by Gasteiger charge is -2.36. The topological polar surface area (TPSA) is 75.7 Å². The van der Waals surface area contributed by atoms with Gasteiger partial charge in [-0.15, -0.1) is 0 Å². The summed E-state index contributed by atoms with van der Waals surface area (Å²) in [4.78, 5) is 13.3. The van der Waals surface area contributed by atoms with Crippen molar-refractivity contribution in [3.63, 3.8) is 0 Å². The predicted molar refractivity (Wildman–Crippen MR) is 129 cm³/mol. The zero-order chi connectivity index (χ0) is 23.6.